The zero-order valence-corrected chi connectivity index (χ0v) is 12.8. The highest BCUT2D eigenvalue weighted by Gasteiger charge is 2.28. The number of aryl methyl sites for hydroxylation is 1. The van der Waals surface area contributed by atoms with E-state index in [0.717, 1.165) is 51.4 Å². The number of fused-ring (bicyclic) bond motifs is 1. The highest BCUT2D eigenvalue weighted by Crippen LogP contribution is 2.24. The number of rotatable bonds is 2. The van der Waals surface area contributed by atoms with Crippen molar-refractivity contribution in [3.05, 3.63) is 22.8 Å². The Kier molecular flexibility index (Phi) is 4.01. The molecule has 5 heteroatoms. The van der Waals surface area contributed by atoms with Crippen LogP contribution in [0.15, 0.2) is 0 Å². The first kappa shape index (κ1) is 13.9. The Balaban J connectivity index is 1.96. The zero-order chi connectivity index (χ0) is 14.1. The minimum absolute atomic E-state index is 0.325. The summed E-state index contributed by atoms with van der Waals surface area (Å²) in [5.74, 6) is 1.01. The number of hydrogen-bond acceptors (Lipinski definition) is 5. The lowest BCUT2D eigenvalue weighted by Gasteiger charge is -2.37. The largest absolute Gasteiger partial charge is 0.311 e. The molecule has 1 saturated heterocycles. The molecule has 1 unspecified atom stereocenters. The van der Waals surface area contributed by atoms with Crippen LogP contribution in [-0.2, 0) is 19.4 Å². The van der Waals surface area contributed by atoms with Crippen LogP contribution in [0, 0.1) is 0 Å². The van der Waals surface area contributed by atoms with E-state index in [9.17, 15) is 0 Å². The van der Waals surface area contributed by atoms with E-state index in [4.69, 9.17) is 9.97 Å². The topological polar surface area (TPSA) is 44.3 Å². The third-order valence-electron chi connectivity index (χ3n) is 4.52. The molecule has 20 heavy (non-hydrogen) atoms. The normalized spacial score (nSPS) is 24.6. The fraction of sp³-hybridized carbons (Fsp3) is 0.733. The van der Waals surface area contributed by atoms with Gasteiger partial charge in [0.15, 0.2) is 0 Å². The van der Waals surface area contributed by atoms with E-state index in [2.05, 4.69) is 36.1 Å². The molecule has 1 fully saturated rings. The molecule has 0 aromatic carbocycles. The Morgan fingerprint density at radius 3 is 2.90 bits per heavy atom. The van der Waals surface area contributed by atoms with E-state index < -0.39 is 0 Å². The Bertz CT molecular complexity index is 470. The van der Waals surface area contributed by atoms with E-state index in [1.165, 1.54) is 17.0 Å². The Morgan fingerprint density at radius 1 is 1.25 bits per heavy atom. The predicted molar refractivity (Wildman–Crippen MR) is 79.7 cm³/mol. The maximum atomic E-state index is 4.91. The molecule has 0 saturated carbocycles. The SMILES string of the molecule is CCc1nc(C2CN(C)CCN2C)nc2c1CCNC2. The fourth-order valence-corrected chi connectivity index (χ4v) is 3.19. The highest BCUT2D eigenvalue weighted by atomic mass is 15.3. The number of nitrogens with zero attached hydrogens (tertiary/aromatic N) is 4. The molecular formula is C15H25N5. The van der Waals surface area contributed by atoms with Gasteiger partial charge in [-0.05, 0) is 39.0 Å². The molecule has 0 bridgehead atoms. The van der Waals surface area contributed by atoms with Crippen molar-refractivity contribution in [3.8, 4) is 0 Å². The van der Waals surface area contributed by atoms with E-state index in [-0.39, 0.29) is 0 Å². The highest BCUT2D eigenvalue weighted by molar-refractivity contribution is 5.29. The molecule has 1 aromatic heterocycles. The minimum Gasteiger partial charge on any atom is -0.311 e. The van der Waals surface area contributed by atoms with Gasteiger partial charge in [-0.25, -0.2) is 9.97 Å². The van der Waals surface area contributed by atoms with Crippen LogP contribution >= 0.6 is 0 Å². The monoisotopic (exact) mass is 275 g/mol. The Morgan fingerprint density at radius 2 is 2.10 bits per heavy atom. The second-order valence-corrected chi connectivity index (χ2v) is 5.99. The van der Waals surface area contributed by atoms with Gasteiger partial charge in [0.1, 0.15) is 5.82 Å². The number of piperazine rings is 1. The summed E-state index contributed by atoms with van der Waals surface area (Å²) in [6, 6.07) is 0.325. The molecule has 0 amide bonds. The lowest BCUT2D eigenvalue weighted by molar-refractivity contribution is 0.109. The van der Waals surface area contributed by atoms with Gasteiger partial charge in [-0.3, -0.25) is 4.90 Å². The average molecular weight is 275 g/mol. The van der Waals surface area contributed by atoms with Gasteiger partial charge in [-0.1, -0.05) is 6.92 Å². The van der Waals surface area contributed by atoms with Crippen molar-refractivity contribution in [1.29, 1.82) is 0 Å². The zero-order valence-electron chi connectivity index (χ0n) is 12.8. The van der Waals surface area contributed by atoms with Crippen LogP contribution in [0.5, 0.6) is 0 Å². The van der Waals surface area contributed by atoms with Gasteiger partial charge in [0, 0.05) is 31.9 Å². The number of nitrogens with one attached hydrogen (secondary N) is 1. The fourth-order valence-electron chi connectivity index (χ4n) is 3.19. The number of aromatic nitrogens is 2. The Hall–Kier alpha value is -1.04. The molecule has 2 aliphatic rings. The second-order valence-electron chi connectivity index (χ2n) is 5.99. The van der Waals surface area contributed by atoms with Crippen molar-refractivity contribution >= 4 is 0 Å². The van der Waals surface area contributed by atoms with Gasteiger partial charge in [0.25, 0.3) is 0 Å². The summed E-state index contributed by atoms with van der Waals surface area (Å²) < 4.78 is 0. The van der Waals surface area contributed by atoms with Crippen LogP contribution in [0.3, 0.4) is 0 Å². The first-order valence-corrected chi connectivity index (χ1v) is 7.67. The first-order chi connectivity index (χ1) is 9.69. The second kappa shape index (κ2) is 5.76. The summed E-state index contributed by atoms with van der Waals surface area (Å²) in [6.45, 7) is 7.37. The van der Waals surface area contributed by atoms with Crippen molar-refractivity contribution in [2.45, 2.75) is 32.4 Å². The van der Waals surface area contributed by atoms with Crippen LogP contribution in [-0.4, -0.2) is 60.0 Å². The van der Waals surface area contributed by atoms with Crippen LogP contribution in [0.25, 0.3) is 0 Å². The summed E-state index contributed by atoms with van der Waals surface area (Å²) in [4.78, 5) is 14.6. The maximum Gasteiger partial charge on any atom is 0.147 e. The summed E-state index contributed by atoms with van der Waals surface area (Å²) in [5.41, 5.74) is 3.87. The van der Waals surface area contributed by atoms with Crippen LogP contribution in [0.1, 0.15) is 35.7 Å². The van der Waals surface area contributed by atoms with E-state index in [1.807, 2.05) is 0 Å². The molecule has 5 nitrogen and oxygen atoms in total. The average Bonchev–Trinajstić information content (AvgIpc) is 2.48. The van der Waals surface area contributed by atoms with Crippen molar-refractivity contribution in [2.75, 3.05) is 40.3 Å². The quantitative estimate of drug-likeness (QED) is 0.856. The molecule has 3 rings (SSSR count). The van der Waals surface area contributed by atoms with Gasteiger partial charge >= 0.3 is 0 Å². The maximum absolute atomic E-state index is 4.91. The van der Waals surface area contributed by atoms with Crippen LogP contribution in [0.2, 0.25) is 0 Å². The lowest BCUT2D eigenvalue weighted by atomic mass is 10.0. The molecule has 0 aliphatic carbocycles. The molecule has 0 radical (unpaired) electrons. The smallest absolute Gasteiger partial charge is 0.147 e. The number of hydrogen-bond donors (Lipinski definition) is 1. The van der Waals surface area contributed by atoms with Crippen molar-refractivity contribution in [3.63, 3.8) is 0 Å². The van der Waals surface area contributed by atoms with Crippen molar-refractivity contribution in [2.24, 2.45) is 0 Å². The molecule has 0 spiro atoms. The van der Waals surface area contributed by atoms with Crippen molar-refractivity contribution < 1.29 is 0 Å². The third kappa shape index (κ3) is 2.57. The summed E-state index contributed by atoms with van der Waals surface area (Å²) in [7, 11) is 4.37. The molecule has 1 atom stereocenters. The van der Waals surface area contributed by atoms with Gasteiger partial charge in [0.05, 0.1) is 11.7 Å². The number of likely N-dealkylation sites (N-methyl/N-ethyl adjacent to an activating group) is 2. The first-order valence-electron chi connectivity index (χ1n) is 7.67. The standard InChI is InChI=1S/C15H25N5/c1-4-12-11-5-6-16-9-13(11)18-15(17-12)14-10-19(2)7-8-20(14)3/h14,16H,4-10H2,1-3H3. The molecule has 110 valence electrons. The van der Waals surface area contributed by atoms with Gasteiger partial charge in [0.2, 0.25) is 0 Å². The summed E-state index contributed by atoms with van der Waals surface area (Å²) >= 11 is 0. The van der Waals surface area contributed by atoms with Gasteiger partial charge in [-0.2, -0.15) is 0 Å². The molecule has 2 aliphatic heterocycles. The summed E-state index contributed by atoms with van der Waals surface area (Å²) in [6.07, 6.45) is 2.07. The van der Waals surface area contributed by atoms with Crippen molar-refractivity contribution in [1.82, 2.24) is 25.1 Å². The summed E-state index contributed by atoms with van der Waals surface area (Å²) in [5, 5.41) is 3.43. The van der Waals surface area contributed by atoms with Crippen LogP contribution in [0.4, 0.5) is 0 Å². The van der Waals surface area contributed by atoms with E-state index >= 15 is 0 Å². The lowest BCUT2D eigenvalue weighted by Crippen LogP contribution is -2.45. The third-order valence-corrected chi connectivity index (χ3v) is 4.52. The van der Waals surface area contributed by atoms with E-state index in [0.29, 0.717) is 6.04 Å². The predicted octanol–water partition coefficient (Wildman–Crippen LogP) is 0.603. The Labute approximate surface area is 121 Å². The van der Waals surface area contributed by atoms with Gasteiger partial charge < -0.3 is 10.2 Å². The molecule has 1 N–H and O–H groups in total. The van der Waals surface area contributed by atoms with Gasteiger partial charge in [-0.15, -0.1) is 0 Å². The minimum atomic E-state index is 0.325. The molecule has 1 aromatic rings. The molecular weight excluding hydrogens is 250 g/mol. The van der Waals surface area contributed by atoms with E-state index in [1.54, 1.807) is 0 Å². The molecule has 3 heterocycles. The van der Waals surface area contributed by atoms with Crippen LogP contribution < -0.4 is 5.32 Å².